The average Bonchev–Trinajstić information content (AvgIpc) is 2.26. The molecule has 0 amide bonds. The molecule has 0 aromatic carbocycles. The molecule has 0 aromatic rings. The van der Waals surface area contributed by atoms with E-state index in [0.717, 1.165) is 32.1 Å². The molecule has 1 aliphatic rings. The molecule has 0 N–H and O–H groups in total. The Morgan fingerprint density at radius 1 is 1.29 bits per heavy atom. The Morgan fingerprint density at radius 2 is 1.94 bits per heavy atom. The zero-order valence-electron chi connectivity index (χ0n) is 10.4. The van der Waals surface area contributed by atoms with E-state index in [9.17, 15) is 9.59 Å². The van der Waals surface area contributed by atoms with Gasteiger partial charge in [0.05, 0.1) is 6.42 Å². The summed E-state index contributed by atoms with van der Waals surface area (Å²) in [5.41, 5.74) is -0.637. The Balaban J connectivity index is 2.59. The number of ether oxygens (including phenoxy) is 2. The predicted octanol–water partition coefficient (Wildman–Crippen LogP) is 2.37. The monoisotopic (exact) mass is 240 g/mol. The van der Waals surface area contributed by atoms with E-state index in [1.165, 1.54) is 13.0 Å². The molecule has 0 bridgehead atoms. The average molecular weight is 240 g/mol. The molecule has 1 aliphatic carbocycles. The largest absolute Gasteiger partial charge is 0.461 e. The van der Waals surface area contributed by atoms with Gasteiger partial charge in [-0.15, -0.1) is 0 Å². The fraction of sp³-hybridized carbons (Fsp3) is 0.692. The number of esters is 2. The van der Waals surface area contributed by atoms with Gasteiger partial charge >= 0.3 is 11.9 Å². The molecule has 0 saturated heterocycles. The van der Waals surface area contributed by atoms with Crippen LogP contribution in [-0.2, 0) is 19.1 Å². The van der Waals surface area contributed by atoms with Crippen LogP contribution < -0.4 is 0 Å². The second kappa shape index (κ2) is 6.42. The minimum absolute atomic E-state index is 0.153. The molecule has 0 aromatic heterocycles. The lowest BCUT2D eigenvalue weighted by molar-refractivity contribution is -0.168. The smallest absolute Gasteiger partial charge is 0.310 e. The van der Waals surface area contributed by atoms with Crippen LogP contribution in [0, 0.1) is 0 Å². The van der Waals surface area contributed by atoms with E-state index in [4.69, 9.17) is 9.47 Å². The van der Waals surface area contributed by atoms with E-state index in [1.54, 1.807) is 0 Å². The topological polar surface area (TPSA) is 52.6 Å². The van der Waals surface area contributed by atoms with Gasteiger partial charge in [0.25, 0.3) is 0 Å². The number of hydrogen-bond donors (Lipinski definition) is 0. The zero-order valence-corrected chi connectivity index (χ0v) is 10.4. The van der Waals surface area contributed by atoms with E-state index in [1.807, 2.05) is 0 Å². The van der Waals surface area contributed by atoms with Crippen LogP contribution in [0.1, 0.15) is 45.4 Å². The molecule has 0 unspecified atom stereocenters. The van der Waals surface area contributed by atoms with Crippen LogP contribution >= 0.6 is 0 Å². The number of carbonyl (C=O) groups is 2. The zero-order chi connectivity index (χ0) is 12.7. The van der Waals surface area contributed by atoms with Crippen molar-refractivity contribution in [1.29, 1.82) is 0 Å². The maximum atomic E-state index is 11.6. The lowest BCUT2D eigenvalue weighted by Gasteiger charge is -2.35. The maximum Gasteiger partial charge on any atom is 0.310 e. The number of carbonyl (C=O) groups excluding carboxylic acids is 2. The SMILES string of the molecule is C=CCOC(=O)CC1(OC(C)=O)CCCCC1. The third-order valence-electron chi connectivity index (χ3n) is 2.95. The van der Waals surface area contributed by atoms with Crippen molar-refractivity contribution in [2.75, 3.05) is 6.61 Å². The molecule has 4 heteroatoms. The summed E-state index contributed by atoms with van der Waals surface area (Å²) in [6.45, 7) is 5.07. The van der Waals surface area contributed by atoms with Crippen LogP contribution in [0.4, 0.5) is 0 Å². The Bertz CT molecular complexity index is 290. The summed E-state index contributed by atoms with van der Waals surface area (Å²) < 4.78 is 10.3. The van der Waals surface area contributed by atoms with E-state index in [2.05, 4.69) is 6.58 Å². The van der Waals surface area contributed by atoms with E-state index in [-0.39, 0.29) is 25.0 Å². The summed E-state index contributed by atoms with van der Waals surface area (Å²) >= 11 is 0. The van der Waals surface area contributed by atoms with Gasteiger partial charge in [0.1, 0.15) is 12.2 Å². The molecule has 96 valence electrons. The van der Waals surface area contributed by atoms with E-state index < -0.39 is 5.60 Å². The first-order valence-electron chi connectivity index (χ1n) is 6.04. The van der Waals surface area contributed by atoms with Gasteiger partial charge in [0, 0.05) is 6.92 Å². The predicted molar refractivity (Wildman–Crippen MR) is 63.4 cm³/mol. The first-order valence-corrected chi connectivity index (χ1v) is 6.04. The van der Waals surface area contributed by atoms with Gasteiger partial charge in [-0.1, -0.05) is 19.1 Å². The van der Waals surface area contributed by atoms with Gasteiger partial charge in [0.15, 0.2) is 0 Å². The molecular weight excluding hydrogens is 220 g/mol. The van der Waals surface area contributed by atoms with Crippen LogP contribution in [0.5, 0.6) is 0 Å². The van der Waals surface area contributed by atoms with Gasteiger partial charge in [-0.3, -0.25) is 9.59 Å². The lowest BCUT2D eigenvalue weighted by atomic mass is 9.82. The molecule has 0 radical (unpaired) electrons. The standard InChI is InChI=1S/C13H20O4/c1-3-9-16-12(15)10-13(17-11(2)14)7-5-4-6-8-13/h3H,1,4-10H2,2H3. The van der Waals surface area contributed by atoms with Crippen LogP contribution in [0.3, 0.4) is 0 Å². The molecule has 0 spiro atoms. The Kier molecular flexibility index (Phi) is 5.19. The highest BCUT2D eigenvalue weighted by molar-refractivity contribution is 5.72. The summed E-state index contributed by atoms with van der Waals surface area (Å²) in [6, 6.07) is 0. The second-order valence-electron chi connectivity index (χ2n) is 4.49. The molecule has 1 fully saturated rings. The van der Waals surface area contributed by atoms with Crippen molar-refractivity contribution in [3.05, 3.63) is 12.7 Å². The molecule has 0 atom stereocenters. The first-order chi connectivity index (χ1) is 8.08. The quantitative estimate of drug-likeness (QED) is 0.547. The Labute approximate surface area is 102 Å². The van der Waals surface area contributed by atoms with Crippen LogP contribution in [0.15, 0.2) is 12.7 Å². The van der Waals surface area contributed by atoms with E-state index in [0.29, 0.717) is 0 Å². The Morgan fingerprint density at radius 3 is 2.47 bits per heavy atom. The fourth-order valence-corrected chi connectivity index (χ4v) is 2.28. The van der Waals surface area contributed by atoms with Gasteiger partial charge in [-0.2, -0.15) is 0 Å². The van der Waals surface area contributed by atoms with Crippen molar-refractivity contribution in [2.24, 2.45) is 0 Å². The molecule has 0 heterocycles. The number of hydrogen-bond acceptors (Lipinski definition) is 4. The third-order valence-corrected chi connectivity index (χ3v) is 2.95. The van der Waals surface area contributed by atoms with Crippen LogP contribution in [0.25, 0.3) is 0 Å². The van der Waals surface area contributed by atoms with Gasteiger partial charge in [0.2, 0.25) is 0 Å². The fourth-order valence-electron chi connectivity index (χ4n) is 2.28. The summed E-state index contributed by atoms with van der Waals surface area (Å²) in [5, 5.41) is 0. The number of rotatable bonds is 5. The van der Waals surface area contributed by atoms with Crippen molar-refractivity contribution in [3.63, 3.8) is 0 Å². The minimum atomic E-state index is -0.637. The summed E-state index contributed by atoms with van der Waals surface area (Å²) in [7, 11) is 0. The highest BCUT2D eigenvalue weighted by Crippen LogP contribution is 2.35. The minimum Gasteiger partial charge on any atom is -0.461 e. The highest BCUT2D eigenvalue weighted by Gasteiger charge is 2.37. The van der Waals surface area contributed by atoms with Gasteiger partial charge < -0.3 is 9.47 Å². The molecule has 1 saturated carbocycles. The highest BCUT2D eigenvalue weighted by atomic mass is 16.6. The normalized spacial score (nSPS) is 18.2. The maximum absolute atomic E-state index is 11.6. The summed E-state index contributed by atoms with van der Waals surface area (Å²) in [4.78, 5) is 22.7. The first kappa shape index (κ1) is 13.7. The summed E-state index contributed by atoms with van der Waals surface area (Å²) in [5.74, 6) is -0.656. The van der Waals surface area contributed by atoms with Gasteiger partial charge in [-0.25, -0.2) is 0 Å². The van der Waals surface area contributed by atoms with Crippen molar-refractivity contribution >= 4 is 11.9 Å². The summed E-state index contributed by atoms with van der Waals surface area (Å²) in [6.07, 6.45) is 6.28. The second-order valence-corrected chi connectivity index (χ2v) is 4.49. The van der Waals surface area contributed by atoms with E-state index >= 15 is 0 Å². The van der Waals surface area contributed by atoms with Crippen molar-refractivity contribution in [3.8, 4) is 0 Å². The van der Waals surface area contributed by atoms with Crippen LogP contribution in [-0.4, -0.2) is 24.1 Å². The van der Waals surface area contributed by atoms with Crippen molar-refractivity contribution in [1.82, 2.24) is 0 Å². The van der Waals surface area contributed by atoms with Gasteiger partial charge in [-0.05, 0) is 25.7 Å². The lowest BCUT2D eigenvalue weighted by Crippen LogP contribution is -2.39. The molecule has 0 aliphatic heterocycles. The Hall–Kier alpha value is -1.32. The van der Waals surface area contributed by atoms with Crippen molar-refractivity contribution in [2.45, 2.75) is 51.0 Å². The third kappa shape index (κ3) is 4.59. The molecular formula is C13H20O4. The molecule has 1 rings (SSSR count). The molecule has 17 heavy (non-hydrogen) atoms. The molecule has 4 nitrogen and oxygen atoms in total. The van der Waals surface area contributed by atoms with Crippen molar-refractivity contribution < 1.29 is 19.1 Å². The van der Waals surface area contributed by atoms with Crippen LogP contribution in [0.2, 0.25) is 0 Å².